The topological polar surface area (TPSA) is 126 Å². The van der Waals surface area contributed by atoms with Crippen LogP contribution in [0.15, 0.2) is 63.2 Å². The lowest BCUT2D eigenvalue weighted by Crippen LogP contribution is -2.00. The van der Waals surface area contributed by atoms with Crippen LogP contribution in [0.1, 0.15) is 11.7 Å². The van der Waals surface area contributed by atoms with Gasteiger partial charge in [-0.2, -0.15) is 0 Å². The number of allylic oxidation sites excluding steroid dienone is 1. The molecule has 0 atom stereocenters. The number of hydrogen-bond donors (Lipinski definition) is 0. The highest BCUT2D eigenvalue weighted by atomic mass is 32.2. The number of hydrogen-bond acceptors (Lipinski definition) is 9. The lowest BCUT2D eigenvalue weighted by Gasteiger charge is -2.06. The standard InChI is InChI=1S/C19H16N6O4S/c1-3-9-24-17(15-8-10-28-12(15)2)21-23-19(24)30-11-16-20-22-18(29-16)13-4-6-14(7-5-13)25(26)27/h3-8,10H,1,9,11H2,2H3. The summed E-state index contributed by atoms with van der Waals surface area (Å²) in [7, 11) is 0. The molecule has 0 aliphatic heterocycles. The summed E-state index contributed by atoms with van der Waals surface area (Å²) in [4.78, 5) is 10.3. The van der Waals surface area contributed by atoms with E-state index in [2.05, 4.69) is 27.0 Å². The maximum atomic E-state index is 10.8. The second kappa shape index (κ2) is 8.33. The van der Waals surface area contributed by atoms with Crippen LogP contribution in [-0.2, 0) is 12.3 Å². The van der Waals surface area contributed by atoms with Crippen LogP contribution in [0, 0.1) is 17.0 Å². The minimum atomic E-state index is -0.460. The zero-order valence-electron chi connectivity index (χ0n) is 15.9. The number of thioether (sulfide) groups is 1. The zero-order valence-corrected chi connectivity index (χ0v) is 16.7. The quantitative estimate of drug-likeness (QED) is 0.176. The minimum absolute atomic E-state index is 0.000683. The van der Waals surface area contributed by atoms with Gasteiger partial charge >= 0.3 is 0 Å². The molecule has 3 heterocycles. The predicted molar refractivity (Wildman–Crippen MR) is 109 cm³/mol. The Bertz CT molecular complexity index is 1190. The molecule has 0 spiro atoms. The predicted octanol–water partition coefficient (Wildman–Crippen LogP) is 4.28. The van der Waals surface area contributed by atoms with Gasteiger partial charge in [0.25, 0.3) is 5.69 Å². The fourth-order valence-electron chi connectivity index (χ4n) is 2.79. The van der Waals surface area contributed by atoms with E-state index in [0.717, 1.165) is 11.3 Å². The molecule has 0 aliphatic rings. The molecule has 4 aromatic rings. The number of rotatable bonds is 8. The van der Waals surface area contributed by atoms with Crippen molar-refractivity contribution in [2.24, 2.45) is 0 Å². The normalized spacial score (nSPS) is 11.0. The van der Waals surface area contributed by atoms with Gasteiger partial charge in [0, 0.05) is 24.2 Å². The second-order valence-electron chi connectivity index (χ2n) is 6.19. The SMILES string of the molecule is C=CCn1c(SCc2nnc(-c3ccc([N+](=O)[O-])cc3)o2)nnc1-c1ccoc1C. The fourth-order valence-corrected chi connectivity index (χ4v) is 3.57. The monoisotopic (exact) mass is 424 g/mol. The van der Waals surface area contributed by atoms with Gasteiger partial charge in [-0.15, -0.1) is 27.0 Å². The Hall–Kier alpha value is -3.73. The van der Waals surface area contributed by atoms with E-state index in [1.807, 2.05) is 17.6 Å². The van der Waals surface area contributed by atoms with Gasteiger partial charge in [0.2, 0.25) is 11.8 Å². The third-order valence-corrected chi connectivity index (χ3v) is 5.20. The van der Waals surface area contributed by atoms with Crippen molar-refractivity contribution in [3.63, 3.8) is 0 Å². The average molecular weight is 424 g/mol. The molecule has 0 saturated carbocycles. The summed E-state index contributed by atoms with van der Waals surface area (Å²) in [5.74, 6) is 2.54. The molecule has 4 rings (SSSR count). The highest BCUT2D eigenvalue weighted by molar-refractivity contribution is 7.98. The van der Waals surface area contributed by atoms with Crippen molar-refractivity contribution in [1.29, 1.82) is 0 Å². The average Bonchev–Trinajstić information content (AvgIpc) is 3.47. The molecule has 30 heavy (non-hydrogen) atoms. The van der Waals surface area contributed by atoms with Gasteiger partial charge in [-0.1, -0.05) is 17.8 Å². The van der Waals surface area contributed by atoms with E-state index >= 15 is 0 Å². The minimum Gasteiger partial charge on any atom is -0.469 e. The molecule has 0 radical (unpaired) electrons. The van der Waals surface area contributed by atoms with Crippen LogP contribution in [0.5, 0.6) is 0 Å². The molecule has 10 nitrogen and oxygen atoms in total. The second-order valence-corrected chi connectivity index (χ2v) is 7.13. The Morgan fingerprint density at radius 2 is 2.00 bits per heavy atom. The van der Waals surface area contributed by atoms with E-state index in [1.54, 1.807) is 24.5 Å². The third kappa shape index (κ3) is 3.87. The number of furan rings is 1. The molecule has 0 amide bonds. The number of aromatic nitrogens is 5. The van der Waals surface area contributed by atoms with Crippen LogP contribution >= 0.6 is 11.8 Å². The molecular formula is C19H16N6O4S. The fraction of sp³-hybridized carbons (Fsp3) is 0.158. The summed E-state index contributed by atoms with van der Waals surface area (Å²) in [6, 6.07) is 7.78. The van der Waals surface area contributed by atoms with E-state index in [9.17, 15) is 10.1 Å². The van der Waals surface area contributed by atoms with Crippen LogP contribution in [0.4, 0.5) is 5.69 Å². The molecule has 0 N–H and O–H groups in total. The maximum absolute atomic E-state index is 10.8. The summed E-state index contributed by atoms with van der Waals surface area (Å²) in [5.41, 5.74) is 1.48. The molecule has 1 aromatic carbocycles. The number of benzene rings is 1. The van der Waals surface area contributed by atoms with Gasteiger partial charge in [0.15, 0.2) is 11.0 Å². The molecule has 0 unspecified atom stereocenters. The van der Waals surface area contributed by atoms with Gasteiger partial charge in [-0.3, -0.25) is 14.7 Å². The van der Waals surface area contributed by atoms with Crippen molar-refractivity contribution in [1.82, 2.24) is 25.0 Å². The van der Waals surface area contributed by atoms with Gasteiger partial charge in [0.1, 0.15) is 5.76 Å². The molecule has 152 valence electrons. The Morgan fingerprint density at radius 1 is 1.20 bits per heavy atom. The first-order chi connectivity index (χ1) is 14.6. The first-order valence-electron chi connectivity index (χ1n) is 8.85. The lowest BCUT2D eigenvalue weighted by atomic mass is 10.2. The Kier molecular flexibility index (Phi) is 5.44. The Labute approximate surface area is 174 Å². The van der Waals surface area contributed by atoms with Crippen molar-refractivity contribution in [3.8, 4) is 22.8 Å². The van der Waals surface area contributed by atoms with E-state index in [0.29, 0.717) is 40.6 Å². The molecule has 3 aromatic heterocycles. The van der Waals surface area contributed by atoms with Crippen molar-refractivity contribution in [3.05, 3.63) is 71.0 Å². The van der Waals surface area contributed by atoms with Crippen LogP contribution in [0.25, 0.3) is 22.8 Å². The van der Waals surface area contributed by atoms with E-state index in [4.69, 9.17) is 8.83 Å². The highest BCUT2D eigenvalue weighted by Crippen LogP contribution is 2.29. The largest absolute Gasteiger partial charge is 0.469 e. The Balaban J connectivity index is 1.50. The molecular weight excluding hydrogens is 408 g/mol. The highest BCUT2D eigenvalue weighted by Gasteiger charge is 2.18. The van der Waals surface area contributed by atoms with Crippen LogP contribution in [0.3, 0.4) is 0 Å². The van der Waals surface area contributed by atoms with E-state index in [-0.39, 0.29) is 5.69 Å². The zero-order chi connectivity index (χ0) is 21.1. The summed E-state index contributed by atoms with van der Waals surface area (Å²) in [6.45, 7) is 6.20. The first-order valence-corrected chi connectivity index (χ1v) is 9.84. The van der Waals surface area contributed by atoms with Gasteiger partial charge in [-0.05, 0) is 25.1 Å². The first kappa shape index (κ1) is 19.6. The maximum Gasteiger partial charge on any atom is 0.269 e. The van der Waals surface area contributed by atoms with E-state index in [1.165, 1.54) is 23.9 Å². The molecule has 0 aliphatic carbocycles. The molecule has 0 saturated heterocycles. The number of non-ortho nitro benzene ring substituents is 1. The number of nitro benzene ring substituents is 1. The smallest absolute Gasteiger partial charge is 0.269 e. The van der Waals surface area contributed by atoms with E-state index < -0.39 is 4.92 Å². The van der Waals surface area contributed by atoms with Crippen molar-refractivity contribution in [2.75, 3.05) is 0 Å². The van der Waals surface area contributed by atoms with Crippen molar-refractivity contribution >= 4 is 17.4 Å². The molecule has 0 bridgehead atoms. The number of nitro groups is 1. The number of aryl methyl sites for hydroxylation is 1. The van der Waals surface area contributed by atoms with Gasteiger partial charge in [0.05, 0.1) is 22.5 Å². The number of nitrogens with zero attached hydrogens (tertiary/aromatic N) is 6. The molecule has 0 fully saturated rings. The molecule has 11 heteroatoms. The Morgan fingerprint density at radius 3 is 2.67 bits per heavy atom. The van der Waals surface area contributed by atoms with Crippen LogP contribution in [-0.4, -0.2) is 29.9 Å². The van der Waals surface area contributed by atoms with Gasteiger partial charge in [-0.25, -0.2) is 0 Å². The summed E-state index contributed by atoms with van der Waals surface area (Å²) in [6.07, 6.45) is 3.38. The van der Waals surface area contributed by atoms with Crippen LogP contribution in [0.2, 0.25) is 0 Å². The summed E-state index contributed by atoms with van der Waals surface area (Å²) >= 11 is 1.40. The van der Waals surface area contributed by atoms with Gasteiger partial charge < -0.3 is 8.83 Å². The summed E-state index contributed by atoms with van der Waals surface area (Å²) in [5, 5.41) is 28.1. The van der Waals surface area contributed by atoms with Crippen molar-refractivity contribution < 1.29 is 13.8 Å². The third-order valence-electron chi connectivity index (χ3n) is 4.24. The van der Waals surface area contributed by atoms with Crippen LogP contribution < -0.4 is 0 Å². The lowest BCUT2D eigenvalue weighted by molar-refractivity contribution is -0.384. The van der Waals surface area contributed by atoms with Crippen molar-refractivity contribution in [2.45, 2.75) is 24.4 Å². The summed E-state index contributed by atoms with van der Waals surface area (Å²) < 4.78 is 13.0.